The van der Waals surface area contributed by atoms with Crippen LogP contribution < -0.4 is 5.32 Å². The van der Waals surface area contributed by atoms with Gasteiger partial charge in [-0.1, -0.05) is 6.58 Å². The summed E-state index contributed by atoms with van der Waals surface area (Å²) < 4.78 is 0. The number of carbonyl (C=O) groups is 1. The van der Waals surface area contributed by atoms with Gasteiger partial charge in [-0.25, -0.2) is 0 Å². The summed E-state index contributed by atoms with van der Waals surface area (Å²) >= 11 is 0. The Kier molecular flexibility index (Phi) is 3.29. The average molecular weight is 168 g/mol. The molecule has 68 valence electrons. The van der Waals surface area contributed by atoms with Crippen molar-refractivity contribution in [3.05, 3.63) is 12.7 Å². The van der Waals surface area contributed by atoms with E-state index in [-0.39, 0.29) is 5.91 Å². The zero-order valence-corrected chi connectivity index (χ0v) is 7.55. The Balaban J connectivity index is 2.44. The molecule has 3 nitrogen and oxygen atoms in total. The van der Waals surface area contributed by atoms with Crippen LogP contribution in [0.5, 0.6) is 0 Å². The first-order valence-corrected chi connectivity index (χ1v) is 4.35. The molecule has 0 bridgehead atoms. The van der Waals surface area contributed by atoms with E-state index in [0.29, 0.717) is 6.04 Å². The number of amides is 1. The lowest BCUT2D eigenvalue weighted by Crippen LogP contribution is -2.46. The average Bonchev–Trinajstić information content (AvgIpc) is 2.17. The van der Waals surface area contributed by atoms with Crippen LogP contribution in [0.4, 0.5) is 0 Å². The highest BCUT2D eigenvalue weighted by molar-refractivity contribution is 5.87. The largest absolute Gasteiger partial charge is 0.338 e. The van der Waals surface area contributed by atoms with Crippen molar-refractivity contribution in [2.45, 2.75) is 18.9 Å². The van der Waals surface area contributed by atoms with E-state index in [9.17, 15) is 4.79 Å². The SMILES string of the molecule is C=CC(=O)N(C)[C@H]1CCCNC1. The van der Waals surface area contributed by atoms with Gasteiger partial charge in [0.2, 0.25) is 5.91 Å². The molecule has 0 spiro atoms. The van der Waals surface area contributed by atoms with Gasteiger partial charge in [0.25, 0.3) is 0 Å². The third-order valence-electron chi connectivity index (χ3n) is 2.34. The van der Waals surface area contributed by atoms with Crippen molar-refractivity contribution >= 4 is 5.91 Å². The summed E-state index contributed by atoms with van der Waals surface area (Å²) in [6.07, 6.45) is 3.62. The van der Waals surface area contributed by atoms with Gasteiger partial charge in [-0.15, -0.1) is 0 Å². The topological polar surface area (TPSA) is 32.3 Å². The smallest absolute Gasteiger partial charge is 0.245 e. The molecule has 1 rings (SSSR count). The lowest BCUT2D eigenvalue weighted by Gasteiger charge is -2.30. The van der Waals surface area contributed by atoms with Crippen LogP contribution in [0, 0.1) is 0 Å². The van der Waals surface area contributed by atoms with Gasteiger partial charge in [0.15, 0.2) is 0 Å². The van der Waals surface area contributed by atoms with Crippen molar-refractivity contribution in [3.8, 4) is 0 Å². The molecule has 0 aromatic carbocycles. The number of likely N-dealkylation sites (N-methyl/N-ethyl adjacent to an activating group) is 1. The summed E-state index contributed by atoms with van der Waals surface area (Å²) in [5.74, 6) is 0.0173. The fraction of sp³-hybridized carbons (Fsp3) is 0.667. The molecule has 0 aromatic heterocycles. The van der Waals surface area contributed by atoms with Crippen LogP contribution in [-0.2, 0) is 4.79 Å². The van der Waals surface area contributed by atoms with Gasteiger partial charge in [-0.05, 0) is 25.5 Å². The van der Waals surface area contributed by atoms with Crippen LogP contribution in [0.25, 0.3) is 0 Å². The second-order valence-electron chi connectivity index (χ2n) is 3.15. The van der Waals surface area contributed by atoms with Crippen LogP contribution in [0.2, 0.25) is 0 Å². The predicted octanol–water partition coefficient (Wildman–Crippen LogP) is 0.383. The molecule has 1 saturated heterocycles. The van der Waals surface area contributed by atoms with E-state index in [1.54, 1.807) is 4.90 Å². The monoisotopic (exact) mass is 168 g/mol. The number of rotatable bonds is 2. The van der Waals surface area contributed by atoms with Gasteiger partial charge in [0.05, 0.1) is 0 Å². The first-order valence-electron chi connectivity index (χ1n) is 4.35. The quantitative estimate of drug-likeness (QED) is 0.605. The standard InChI is InChI=1S/C9H16N2O/c1-3-9(12)11(2)8-5-4-6-10-7-8/h3,8,10H,1,4-7H2,2H3/t8-/m0/s1. The molecule has 1 amide bonds. The number of carbonyl (C=O) groups excluding carboxylic acids is 1. The van der Waals surface area contributed by atoms with E-state index < -0.39 is 0 Å². The fourth-order valence-corrected chi connectivity index (χ4v) is 1.49. The molecule has 1 N–H and O–H groups in total. The number of nitrogens with zero attached hydrogens (tertiary/aromatic N) is 1. The Hall–Kier alpha value is -0.830. The molecule has 1 fully saturated rings. The van der Waals surface area contributed by atoms with Crippen LogP contribution in [-0.4, -0.2) is 37.0 Å². The fourth-order valence-electron chi connectivity index (χ4n) is 1.49. The predicted molar refractivity (Wildman–Crippen MR) is 48.9 cm³/mol. The van der Waals surface area contributed by atoms with Crippen LogP contribution in [0.1, 0.15) is 12.8 Å². The summed E-state index contributed by atoms with van der Waals surface area (Å²) in [5, 5.41) is 3.27. The number of hydrogen-bond acceptors (Lipinski definition) is 2. The molecule has 0 aromatic rings. The Labute approximate surface area is 73.4 Å². The van der Waals surface area contributed by atoms with Gasteiger partial charge < -0.3 is 10.2 Å². The molecular formula is C9H16N2O. The number of nitrogens with one attached hydrogen (secondary N) is 1. The van der Waals surface area contributed by atoms with Crippen molar-refractivity contribution in [2.75, 3.05) is 20.1 Å². The van der Waals surface area contributed by atoms with Crippen molar-refractivity contribution < 1.29 is 4.79 Å². The van der Waals surface area contributed by atoms with Crippen LogP contribution >= 0.6 is 0 Å². The Morgan fingerprint density at radius 3 is 3.00 bits per heavy atom. The van der Waals surface area contributed by atoms with Crippen molar-refractivity contribution in [1.29, 1.82) is 0 Å². The number of piperidine rings is 1. The van der Waals surface area contributed by atoms with E-state index in [4.69, 9.17) is 0 Å². The molecule has 0 unspecified atom stereocenters. The lowest BCUT2D eigenvalue weighted by atomic mass is 10.1. The molecule has 0 saturated carbocycles. The van der Waals surface area contributed by atoms with E-state index >= 15 is 0 Å². The van der Waals surface area contributed by atoms with Crippen LogP contribution in [0.15, 0.2) is 12.7 Å². The third kappa shape index (κ3) is 2.08. The molecule has 0 radical (unpaired) electrons. The van der Waals surface area contributed by atoms with Crippen molar-refractivity contribution in [2.24, 2.45) is 0 Å². The molecule has 1 aliphatic rings. The second-order valence-corrected chi connectivity index (χ2v) is 3.15. The maximum Gasteiger partial charge on any atom is 0.245 e. The molecular weight excluding hydrogens is 152 g/mol. The first-order chi connectivity index (χ1) is 5.75. The van der Waals surface area contributed by atoms with Gasteiger partial charge >= 0.3 is 0 Å². The van der Waals surface area contributed by atoms with Gasteiger partial charge in [0, 0.05) is 19.6 Å². The lowest BCUT2D eigenvalue weighted by molar-refractivity contribution is -0.127. The van der Waals surface area contributed by atoms with Crippen LogP contribution in [0.3, 0.4) is 0 Å². The minimum Gasteiger partial charge on any atom is -0.338 e. The van der Waals surface area contributed by atoms with E-state index in [2.05, 4.69) is 11.9 Å². The Morgan fingerprint density at radius 1 is 1.75 bits per heavy atom. The zero-order chi connectivity index (χ0) is 8.97. The maximum atomic E-state index is 11.2. The third-order valence-corrected chi connectivity index (χ3v) is 2.34. The van der Waals surface area contributed by atoms with E-state index in [0.717, 1.165) is 25.9 Å². The number of hydrogen-bond donors (Lipinski definition) is 1. The van der Waals surface area contributed by atoms with Crippen molar-refractivity contribution in [3.63, 3.8) is 0 Å². The Bertz CT molecular complexity index is 173. The van der Waals surface area contributed by atoms with Crippen molar-refractivity contribution in [1.82, 2.24) is 10.2 Å². The normalized spacial score (nSPS) is 23.2. The molecule has 0 aliphatic carbocycles. The highest BCUT2D eigenvalue weighted by atomic mass is 16.2. The van der Waals surface area contributed by atoms with Gasteiger partial charge in [-0.2, -0.15) is 0 Å². The molecule has 3 heteroatoms. The highest BCUT2D eigenvalue weighted by Gasteiger charge is 2.19. The molecule has 1 aliphatic heterocycles. The summed E-state index contributed by atoms with van der Waals surface area (Å²) in [5.41, 5.74) is 0. The molecule has 1 heterocycles. The minimum absolute atomic E-state index is 0.0173. The Morgan fingerprint density at radius 2 is 2.50 bits per heavy atom. The first kappa shape index (κ1) is 9.26. The summed E-state index contributed by atoms with van der Waals surface area (Å²) in [6, 6.07) is 0.351. The maximum absolute atomic E-state index is 11.2. The molecule has 12 heavy (non-hydrogen) atoms. The summed E-state index contributed by atoms with van der Waals surface area (Å²) in [6.45, 7) is 5.45. The summed E-state index contributed by atoms with van der Waals surface area (Å²) in [7, 11) is 1.84. The van der Waals surface area contributed by atoms with Gasteiger partial charge in [-0.3, -0.25) is 4.79 Å². The van der Waals surface area contributed by atoms with E-state index in [1.165, 1.54) is 6.08 Å². The highest BCUT2D eigenvalue weighted by Crippen LogP contribution is 2.08. The van der Waals surface area contributed by atoms with Gasteiger partial charge in [0.1, 0.15) is 0 Å². The minimum atomic E-state index is 0.0173. The van der Waals surface area contributed by atoms with E-state index in [1.807, 2.05) is 7.05 Å². The second kappa shape index (κ2) is 4.26. The summed E-state index contributed by atoms with van der Waals surface area (Å²) in [4.78, 5) is 13.0. The zero-order valence-electron chi connectivity index (χ0n) is 7.55. The molecule has 1 atom stereocenters.